The Morgan fingerprint density at radius 1 is 0.848 bits per heavy atom. The summed E-state index contributed by atoms with van der Waals surface area (Å²) in [6.45, 7) is 5.41. The third kappa shape index (κ3) is 4.70. The number of rotatable bonds is 7. The number of allylic oxidation sites excluding steroid dienone is 1. The lowest BCUT2D eigenvalue weighted by molar-refractivity contribution is 0.172. The van der Waals surface area contributed by atoms with E-state index in [4.69, 9.17) is 23.7 Å². The van der Waals surface area contributed by atoms with Crippen LogP contribution in [0.2, 0.25) is 0 Å². The fourth-order valence-electron chi connectivity index (χ4n) is 3.72. The molecule has 1 N–H and O–H groups in total. The number of ether oxygens (including phenoxy) is 5. The Bertz CT molecular complexity index is 1160. The molecule has 0 aromatic heterocycles. The molecule has 0 saturated carbocycles. The fourth-order valence-corrected chi connectivity index (χ4v) is 3.72. The molecule has 0 spiro atoms. The fraction of sp³-hybridized carbons (Fsp3) is 0.259. The monoisotopic (exact) mass is 448 g/mol. The van der Waals surface area contributed by atoms with Crippen molar-refractivity contribution in [3.63, 3.8) is 0 Å². The molecule has 0 aliphatic carbocycles. The van der Waals surface area contributed by atoms with E-state index in [0.717, 1.165) is 22.3 Å². The quantitative estimate of drug-likeness (QED) is 0.457. The smallest absolute Gasteiger partial charge is 0.173 e. The maximum absolute atomic E-state index is 9.68. The van der Waals surface area contributed by atoms with Gasteiger partial charge in [-0.05, 0) is 61.4 Å². The zero-order valence-corrected chi connectivity index (χ0v) is 19.3. The first-order chi connectivity index (χ1) is 16.0. The second-order valence-electron chi connectivity index (χ2n) is 7.86. The standard InChI is InChI=1S/C27H28O6/c1-17(2)11-12-31-22-10-7-19(15-23(22)29-3)25-24(30-4)16-21(18-5-8-20(28)9-6-18)26-27(25)33-14-13-32-26/h5-11,15-16,28H,12-14H2,1-4H3. The Balaban J connectivity index is 1.82. The van der Waals surface area contributed by atoms with Crippen LogP contribution in [0.1, 0.15) is 13.8 Å². The molecule has 0 unspecified atom stereocenters. The predicted molar refractivity (Wildman–Crippen MR) is 128 cm³/mol. The number of aromatic hydroxyl groups is 1. The SMILES string of the molecule is COc1cc(-c2c(OC)cc(-c3ccc(O)cc3)c3c2OCCO3)ccc1OCC=C(C)C. The minimum atomic E-state index is 0.201. The molecule has 1 aliphatic rings. The van der Waals surface area contributed by atoms with E-state index in [1.165, 1.54) is 5.57 Å². The summed E-state index contributed by atoms with van der Waals surface area (Å²) in [6, 6.07) is 14.6. The lowest BCUT2D eigenvalue weighted by Gasteiger charge is -2.26. The van der Waals surface area contributed by atoms with Crippen molar-refractivity contribution in [3.05, 3.63) is 60.2 Å². The predicted octanol–water partition coefficient (Wildman–Crippen LogP) is 5.86. The zero-order valence-electron chi connectivity index (χ0n) is 19.3. The van der Waals surface area contributed by atoms with Crippen molar-refractivity contribution in [2.45, 2.75) is 13.8 Å². The van der Waals surface area contributed by atoms with Crippen molar-refractivity contribution < 1.29 is 28.8 Å². The molecule has 4 rings (SSSR count). The van der Waals surface area contributed by atoms with Crippen LogP contribution < -0.4 is 23.7 Å². The first-order valence-electron chi connectivity index (χ1n) is 10.8. The molecule has 0 amide bonds. The molecular formula is C27H28O6. The highest BCUT2D eigenvalue weighted by atomic mass is 16.6. The Morgan fingerprint density at radius 2 is 1.52 bits per heavy atom. The summed E-state index contributed by atoms with van der Waals surface area (Å²) in [4.78, 5) is 0. The van der Waals surface area contributed by atoms with Crippen LogP contribution in [0.3, 0.4) is 0 Å². The second kappa shape index (κ2) is 9.77. The number of phenolic OH excluding ortho intramolecular Hbond substituents is 1. The lowest BCUT2D eigenvalue weighted by Crippen LogP contribution is -2.17. The van der Waals surface area contributed by atoms with Gasteiger partial charge in [-0.1, -0.05) is 23.8 Å². The van der Waals surface area contributed by atoms with Crippen LogP contribution in [0.4, 0.5) is 0 Å². The summed E-state index contributed by atoms with van der Waals surface area (Å²) in [6.07, 6.45) is 2.01. The van der Waals surface area contributed by atoms with Gasteiger partial charge in [-0.3, -0.25) is 0 Å². The highest BCUT2D eigenvalue weighted by molar-refractivity contribution is 5.88. The lowest BCUT2D eigenvalue weighted by atomic mass is 9.96. The number of hydrogen-bond acceptors (Lipinski definition) is 6. The summed E-state index contributed by atoms with van der Waals surface area (Å²) < 4.78 is 29.4. The summed E-state index contributed by atoms with van der Waals surface area (Å²) in [5, 5.41) is 9.68. The molecule has 3 aromatic rings. The van der Waals surface area contributed by atoms with E-state index in [-0.39, 0.29) is 5.75 Å². The summed E-state index contributed by atoms with van der Waals surface area (Å²) in [5.74, 6) is 3.37. The van der Waals surface area contributed by atoms with Gasteiger partial charge in [-0.25, -0.2) is 0 Å². The van der Waals surface area contributed by atoms with Crippen molar-refractivity contribution >= 4 is 0 Å². The molecule has 6 heteroatoms. The normalized spacial score (nSPS) is 12.1. The Morgan fingerprint density at radius 3 is 2.18 bits per heavy atom. The van der Waals surface area contributed by atoms with Crippen LogP contribution in [-0.2, 0) is 0 Å². The molecular weight excluding hydrogens is 420 g/mol. The first-order valence-corrected chi connectivity index (χ1v) is 10.8. The Hall–Kier alpha value is -3.80. The molecule has 3 aromatic carbocycles. The van der Waals surface area contributed by atoms with E-state index in [1.807, 2.05) is 56.3 Å². The molecule has 0 saturated heterocycles. The third-order valence-electron chi connectivity index (χ3n) is 5.36. The molecule has 6 nitrogen and oxygen atoms in total. The van der Waals surface area contributed by atoms with Crippen molar-refractivity contribution in [1.29, 1.82) is 0 Å². The van der Waals surface area contributed by atoms with Crippen molar-refractivity contribution in [2.75, 3.05) is 34.0 Å². The van der Waals surface area contributed by atoms with Crippen molar-refractivity contribution in [1.82, 2.24) is 0 Å². The maximum Gasteiger partial charge on any atom is 0.173 e. The largest absolute Gasteiger partial charge is 0.508 e. The average molecular weight is 449 g/mol. The second-order valence-corrected chi connectivity index (χ2v) is 7.86. The highest BCUT2D eigenvalue weighted by Gasteiger charge is 2.27. The Labute approximate surface area is 193 Å². The van der Waals surface area contributed by atoms with Crippen LogP contribution in [0.5, 0.6) is 34.5 Å². The van der Waals surface area contributed by atoms with Crippen LogP contribution >= 0.6 is 0 Å². The van der Waals surface area contributed by atoms with Gasteiger partial charge >= 0.3 is 0 Å². The van der Waals surface area contributed by atoms with Crippen LogP contribution in [0.25, 0.3) is 22.3 Å². The van der Waals surface area contributed by atoms with Gasteiger partial charge in [0.15, 0.2) is 23.0 Å². The van der Waals surface area contributed by atoms with Gasteiger partial charge in [0.1, 0.15) is 31.3 Å². The van der Waals surface area contributed by atoms with Gasteiger partial charge in [-0.2, -0.15) is 0 Å². The zero-order chi connectivity index (χ0) is 23.4. The molecule has 0 fully saturated rings. The number of phenols is 1. The summed E-state index contributed by atoms with van der Waals surface area (Å²) >= 11 is 0. The van der Waals surface area contributed by atoms with E-state index in [2.05, 4.69) is 0 Å². The van der Waals surface area contributed by atoms with E-state index in [9.17, 15) is 5.11 Å². The topological polar surface area (TPSA) is 66.4 Å². The number of hydrogen-bond donors (Lipinski definition) is 1. The van der Waals surface area contributed by atoms with Crippen LogP contribution in [0, 0.1) is 0 Å². The van der Waals surface area contributed by atoms with Gasteiger partial charge in [0.25, 0.3) is 0 Å². The average Bonchev–Trinajstić information content (AvgIpc) is 2.83. The van der Waals surface area contributed by atoms with E-state index in [1.54, 1.807) is 26.4 Å². The van der Waals surface area contributed by atoms with Gasteiger partial charge in [0.05, 0.1) is 19.8 Å². The van der Waals surface area contributed by atoms with Crippen molar-refractivity contribution in [3.8, 4) is 56.8 Å². The van der Waals surface area contributed by atoms with Crippen LogP contribution in [0.15, 0.2) is 60.2 Å². The molecule has 0 radical (unpaired) electrons. The molecule has 1 aliphatic heterocycles. The highest BCUT2D eigenvalue weighted by Crippen LogP contribution is 2.52. The minimum Gasteiger partial charge on any atom is -0.508 e. The number of fused-ring (bicyclic) bond motifs is 1. The van der Waals surface area contributed by atoms with Crippen LogP contribution in [-0.4, -0.2) is 39.1 Å². The first kappa shape index (κ1) is 22.4. The molecule has 33 heavy (non-hydrogen) atoms. The number of methoxy groups -OCH3 is 2. The van der Waals surface area contributed by atoms with Gasteiger partial charge in [-0.15, -0.1) is 0 Å². The number of benzene rings is 3. The summed E-state index contributed by atoms with van der Waals surface area (Å²) in [5.41, 5.74) is 4.55. The molecule has 1 heterocycles. The molecule has 172 valence electrons. The van der Waals surface area contributed by atoms with E-state index < -0.39 is 0 Å². The van der Waals surface area contributed by atoms with Crippen molar-refractivity contribution in [2.24, 2.45) is 0 Å². The summed E-state index contributed by atoms with van der Waals surface area (Å²) in [7, 11) is 3.25. The van der Waals surface area contributed by atoms with E-state index in [0.29, 0.717) is 48.6 Å². The third-order valence-corrected chi connectivity index (χ3v) is 5.36. The van der Waals surface area contributed by atoms with E-state index >= 15 is 0 Å². The van der Waals surface area contributed by atoms with Gasteiger partial charge in [0, 0.05) is 5.56 Å². The molecule has 0 atom stereocenters. The minimum absolute atomic E-state index is 0.201. The van der Waals surface area contributed by atoms with Gasteiger partial charge < -0.3 is 28.8 Å². The Kier molecular flexibility index (Phi) is 6.63. The maximum atomic E-state index is 9.68. The van der Waals surface area contributed by atoms with Gasteiger partial charge in [0.2, 0.25) is 0 Å². The molecule has 0 bridgehead atoms.